The zero-order valence-corrected chi connectivity index (χ0v) is 14.9. The van der Waals surface area contributed by atoms with Crippen LogP contribution >= 0.6 is 23.2 Å². The first kappa shape index (κ1) is 16.2. The smallest absolute Gasteiger partial charge is 0.275 e. The van der Waals surface area contributed by atoms with Crippen molar-refractivity contribution in [3.05, 3.63) is 58.2 Å². The lowest BCUT2D eigenvalue weighted by molar-refractivity contribution is 0.0743. The zero-order chi connectivity index (χ0) is 17.4. The molecule has 1 amide bonds. The molecule has 0 radical (unpaired) electrons. The number of aromatic amines is 1. The van der Waals surface area contributed by atoms with E-state index in [9.17, 15) is 4.79 Å². The number of aromatic nitrogens is 2. The molecule has 4 rings (SSSR count). The van der Waals surface area contributed by atoms with E-state index < -0.39 is 0 Å². The molecule has 25 heavy (non-hydrogen) atoms. The fourth-order valence-electron chi connectivity index (χ4n) is 3.16. The van der Waals surface area contributed by atoms with Gasteiger partial charge in [-0.3, -0.25) is 9.89 Å². The molecule has 7 heteroatoms. The minimum atomic E-state index is -0.0470. The van der Waals surface area contributed by atoms with Crippen LogP contribution in [0.5, 0.6) is 0 Å². The standard InChI is InChI=1S/C18H16Cl2N4O/c19-13-5-3-7-15(16(13)20)23-8-10-24(11-9-23)18(25)17-12-4-1-2-6-14(12)21-22-17/h1-7H,8-11H2,(H,21,22). The Bertz CT molecular complexity index is 932. The van der Waals surface area contributed by atoms with Crippen LogP contribution in [-0.4, -0.2) is 47.2 Å². The van der Waals surface area contributed by atoms with Crippen LogP contribution in [-0.2, 0) is 0 Å². The lowest BCUT2D eigenvalue weighted by Crippen LogP contribution is -2.49. The number of hydrogen-bond acceptors (Lipinski definition) is 3. The van der Waals surface area contributed by atoms with E-state index in [0.717, 1.165) is 16.6 Å². The third-order valence-electron chi connectivity index (χ3n) is 4.51. The van der Waals surface area contributed by atoms with Gasteiger partial charge >= 0.3 is 0 Å². The SMILES string of the molecule is O=C(c1n[nH]c2ccccc12)N1CCN(c2cccc(Cl)c2Cl)CC1. The van der Waals surface area contributed by atoms with Crippen LogP contribution < -0.4 is 4.90 Å². The number of carbonyl (C=O) groups excluding carboxylic acids is 1. The number of nitrogens with zero attached hydrogens (tertiary/aromatic N) is 3. The van der Waals surface area contributed by atoms with E-state index in [-0.39, 0.29) is 5.91 Å². The maximum Gasteiger partial charge on any atom is 0.275 e. The second-order valence-electron chi connectivity index (χ2n) is 5.97. The first-order valence-corrected chi connectivity index (χ1v) is 8.82. The second-order valence-corrected chi connectivity index (χ2v) is 6.76. The third kappa shape index (κ3) is 2.94. The molecule has 3 aromatic rings. The van der Waals surface area contributed by atoms with Crippen molar-refractivity contribution in [3.63, 3.8) is 0 Å². The predicted octanol–water partition coefficient (Wildman–Crippen LogP) is 3.83. The van der Waals surface area contributed by atoms with E-state index in [4.69, 9.17) is 23.2 Å². The second kappa shape index (κ2) is 6.58. The van der Waals surface area contributed by atoms with E-state index in [1.165, 1.54) is 0 Å². The molecule has 2 aromatic carbocycles. The summed E-state index contributed by atoms with van der Waals surface area (Å²) in [7, 11) is 0. The van der Waals surface area contributed by atoms with Crippen molar-refractivity contribution < 1.29 is 4.79 Å². The molecule has 2 heterocycles. The molecule has 0 unspecified atom stereocenters. The number of rotatable bonds is 2. The highest BCUT2D eigenvalue weighted by Crippen LogP contribution is 2.33. The summed E-state index contributed by atoms with van der Waals surface area (Å²) in [4.78, 5) is 16.8. The monoisotopic (exact) mass is 374 g/mol. The molecule has 128 valence electrons. The molecule has 5 nitrogen and oxygen atoms in total. The molecule has 0 saturated carbocycles. The van der Waals surface area contributed by atoms with Crippen molar-refractivity contribution in [2.45, 2.75) is 0 Å². The van der Waals surface area contributed by atoms with Gasteiger partial charge in [-0.25, -0.2) is 0 Å². The van der Waals surface area contributed by atoms with Crippen LogP contribution in [0.1, 0.15) is 10.5 Å². The Hall–Kier alpha value is -2.24. The lowest BCUT2D eigenvalue weighted by Gasteiger charge is -2.36. The molecular formula is C18H16Cl2N4O. The lowest BCUT2D eigenvalue weighted by atomic mass is 10.2. The van der Waals surface area contributed by atoms with Gasteiger partial charge in [0.05, 0.1) is 21.2 Å². The predicted molar refractivity (Wildman–Crippen MR) is 101 cm³/mol. The van der Waals surface area contributed by atoms with Crippen molar-refractivity contribution in [2.24, 2.45) is 0 Å². The Morgan fingerprint density at radius 2 is 1.76 bits per heavy atom. The average Bonchev–Trinajstić information content (AvgIpc) is 3.08. The van der Waals surface area contributed by atoms with Crippen molar-refractivity contribution in [1.82, 2.24) is 15.1 Å². The average molecular weight is 375 g/mol. The summed E-state index contributed by atoms with van der Waals surface area (Å²) in [5.74, 6) is -0.0470. The third-order valence-corrected chi connectivity index (χ3v) is 5.32. The largest absolute Gasteiger partial charge is 0.367 e. The van der Waals surface area contributed by atoms with Crippen LogP contribution in [0.2, 0.25) is 10.0 Å². The number of amides is 1. The number of piperazine rings is 1. The number of nitrogens with one attached hydrogen (secondary N) is 1. The summed E-state index contributed by atoms with van der Waals surface area (Å²) < 4.78 is 0. The Labute approximate surface area is 155 Å². The van der Waals surface area contributed by atoms with Gasteiger partial charge in [-0.05, 0) is 18.2 Å². The highest BCUT2D eigenvalue weighted by molar-refractivity contribution is 6.43. The summed E-state index contributed by atoms with van der Waals surface area (Å²) >= 11 is 12.4. The van der Waals surface area contributed by atoms with Crippen LogP contribution in [0, 0.1) is 0 Å². The maximum absolute atomic E-state index is 12.8. The number of carbonyl (C=O) groups is 1. The van der Waals surface area contributed by atoms with Crippen molar-refractivity contribution in [2.75, 3.05) is 31.1 Å². The summed E-state index contributed by atoms with van der Waals surface area (Å²) in [5.41, 5.74) is 2.26. The van der Waals surface area contributed by atoms with Gasteiger partial charge in [0.15, 0.2) is 5.69 Å². The summed E-state index contributed by atoms with van der Waals surface area (Å²) in [6, 6.07) is 13.3. The van der Waals surface area contributed by atoms with Gasteiger partial charge in [-0.1, -0.05) is 47.5 Å². The van der Waals surface area contributed by atoms with Crippen molar-refractivity contribution >= 4 is 45.7 Å². The quantitative estimate of drug-likeness (QED) is 0.741. The molecule has 0 spiro atoms. The fraction of sp³-hybridized carbons (Fsp3) is 0.222. The minimum Gasteiger partial charge on any atom is -0.367 e. The maximum atomic E-state index is 12.8. The number of halogens is 2. The molecule has 1 aliphatic heterocycles. The highest BCUT2D eigenvalue weighted by Gasteiger charge is 2.26. The fourth-order valence-corrected chi connectivity index (χ4v) is 3.58. The van der Waals surface area contributed by atoms with E-state index in [0.29, 0.717) is 41.9 Å². The Morgan fingerprint density at radius 1 is 1.00 bits per heavy atom. The van der Waals surface area contributed by atoms with E-state index in [1.807, 2.05) is 41.3 Å². The highest BCUT2D eigenvalue weighted by atomic mass is 35.5. The van der Waals surface area contributed by atoms with E-state index in [1.54, 1.807) is 6.07 Å². The van der Waals surface area contributed by atoms with Gasteiger partial charge in [-0.2, -0.15) is 5.10 Å². The molecule has 0 aliphatic carbocycles. The summed E-state index contributed by atoms with van der Waals surface area (Å²) in [5, 5.41) is 9.08. The number of anilines is 1. The number of hydrogen-bond donors (Lipinski definition) is 1. The Morgan fingerprint density at radius 3 is 2.56 bits per heavy atom. The topological polar surface area (TPSA) is 52.2 Å². The molecule has 1 saturated heterocycles. The van der Waals surface area contributed by atoms with Gasteiger partial charge in [0.25, 0.3) is 5.91 Å². The normalized spacial score (nSPS) is 15.0. The molecule has 1 fully saturated rings. The number of H-pyrrole nitrogens is 1. The van der Waals surface area contributed by atoms with E-state index in [2.05, 4.69) is 15.1 Å². The summed E-state index contributed by atoms with van der Waals surface area (Å²) in [6.07, 6.45) is 0. The van der Waals surface area contributed by atoms with Gasteiger partial charge in [0, 0.05) is 31.6 Å². The number of para-hydroxylation sites is 1. The first-order chi connectivity index (χ1) is 12.1. The first-order valence-electron chi connectivity index (χ1n) is 8.06. The number of fused-ring (bicyclic) bond motifs is 1. The Balaban J connectivity index is 1.50. The van der Waals surface area contributed by atoms with E-state index >= 15 is 0 Å². The van der Waals surface area contributed by atoms with Crippen molar-refractivity contribution in [1.29, 1.82) is 0 Å². The van der Waals surface area contributed by atoms with Gasteiger partial charge in [-0.15, -0.1) is 0 Å². The van der Waals surface area contributed by atoms with Crippen LogP contribution in [0.3, 0.4) is 0 Å². The van der Waals surface area contributed by atoms with Gasteiger partial charge < -0.3 is 9.80 Å². The molecule has 0 atom stereocenters. The molecule has 1 aromatic heterocycles. The zero-order valence-electron chi connectivity index (χ0n) is 13.4. The van der Waals surface area contributed by atoms with Crippen LogP contribution in [0.25, 0.3) is 10.9 Å². The van der Waals surface area contributed by atoms with Gasteiger partial charge in [0.2, 0.25) is 0 Å². The number of benzene rings is 2. The van der Waals surface area contributed by atoms with Gasteiger partial charge in [0.1, 0.15) is 0 Å². The molecule has 0 bridgehead atoms. The van der Waals surface area contributed by atoms with Crippen LogP contribution in [0.15, 0.2) is 42.5 Å². The minimum absolute atomic E-state index is 0.0470. The molecular weight excluding hydrogens is 359 g/mol. The Kier molecular flexibility index (Phi) is 4.27. The summed E-state index contributed by atoms with van der Waals surface area (Å²) in [6.45, 7) is 2.63. The molecule has 1 N–H and O–H groups in total. The molecule has 1 aliphatic rings. The van der Waals surface area contributed by atoms with Crippen LogP contribution in [0.4, 0.5) is 5.69 Å². The van der Waals surface area contributed by atoms with Crippen molar-refractivity contribution in [3.8, 4) is 0 Å².